The minimum atomic E-state index is -0.132. The summed E-state index contributed by atoms with van der Waals surface area (Å²) < 4.78 is 0. The number of aromatic amines is 1. The maximum absolute atomic E-state index is 11.8. The summed E-state index contributed by atoms with van der Waals surface area (Å²) in [5.74, 6) is -0.132. The summed E-state index contributed by atoms with van der Waals surface area (Å²) in [6.07, 6.45) is 0.574. The Hall–Kier alpha value is -1.81. The van der Waals surface area contributed by atoms with Gasteiger partial charge in [-0.25, -0.2) is 0 Å². The predicted molar refractivity (Wildman–Crippen MR) is 67.1 cm³/mol. The predicted octanol–water partition coefficient (Wildman–Crippen LogP) is 1.59. The monoisotopic (exact) mass is 232 g/mol. The molecule has 17 heavy (non-hydrogen) atoms. The summed E-state index contributed by atoms with van der Waals surface area (Å²) in [5, 5.41) is 12.4. The first-order valence-electron chi connectivity index (χ1n) is 5.69. The van der Waals surface area contributed by atoms with Gasteiger partial charge >= 0.3 is 0 Å². The van der Waals surface area contributed by atoms with Gasteiger partial charge in [0, 0.05) is 24.1 Å². The number of nitrogens with one attached hydrogen (secondary N) is 2. The van der Waals surface area contributed by atoms with Crippen LogP contribution in [0, 0.1) is 6.92 Å². The van der Waals surface area contributed by atoms with Crippen molar-refractivity contribution in [2.24, 2.45) is 0 Å². The highest BCUT2D eigenvalue weighted by molar-refractivity contribution is 5.98. The lowest BCUT2D eigenvalue weighted by atomic mass is 10.2. The van der Waals surface area contributed by atoms with Gasteiger partial charge in [-0.15, -0.1) is 0 Å². The quantitative estimate of drug-likeness (QED) is 0.701. The number of carbonyl (C=O) groups excluding carboxylic acids is 1. The zero-order chi connectivity index (χ0) is 12.3. The molecule has 4 nitrogen and oxygen atoms in total. The average Bonchev–Trinajstić information content (AvgIpc) is 2.72. The Kier molecular flexibility index (Phi) is 3.44. The summed E-state index contributed by atoms with van der Waals surface area (Å²) in [4.78, 5) is 14.8. The number of fused-ring (bicyclic) bond motifs is 1. The van der Waals surface area contributed by atoms with E-state index in [4.69, 9.17) is 5.11 Å². The van der Waals surface area contributed by atoms with Gasteiger partial charge in [-0.3, -0.25) is 4.79 Å². The summed E-state index contributed by atoms with van der Waals surface area (Å²) in [6, 6.07) is 7.86. The molecule has 2 rings (SSSR count). The van der Waals surface area contributed by atoms with E-state index in [-0.39, 0.29) is 12.5 Å². The molecule has 0 fully saturated rings. The Morgan fingerprint density at radius 1 is 1.41 bits per heavy atom. The standard InChI is InChI=1S/C13H16N2O2/c1-9-3-4-10-8-12(15-11(10)7-9)13(17)14-5-2-6-16/h3-4,7-8,15-16H,2,5-6H2,1H3,(H,14,17). The van der Waals surface area contributed by atoms with Crippen LogP contribution >= 0.6 is 0 Å². The number of aryl methyl sites for hydroxylation is 1. The van der Waals surface area contributed by atoms with Crippen molar-refractivity contribution < 1.29 is 9.90 Å². The maximum Gasteiger partial charge on any atom is 0.267 e. The molecule has 90 valence electrons. The maximum atomic E-state index is 11.8. The average molecular weight is 232 g/mol. The van der Waals surface area contributed by atoms with Gasteiger partial charge in [-0.05, 0) is 31.0 Å². The molecule has 0 spiro atoms. The first-order chi connectivity index (χ1) is 8.20. The van der Waals surface area contributed by atoms with Crippen LogP contribution in [0.2, 0.25) is 0 Å². The molecule has 4 heteroatoms. The van der Waals surface area contributed by atoms with Crippen molar-refractivity contribution in [3.63, 3.8) is 0 Å². The number of amides is 1. The lowest BCUT2D eigenvalue weighted by Crippen LogP contribution is -2.25. The second-order valence-corrected chi connectivity index (χ2v) is 4.11. The Labute approximate surface area is 99.7 Å². The van der Waals surface area contributed by atoms with E-state index in [1.54, 1.807) is 0 Å². The molecule has 0 aliphatic carbocycles. The summed E-state index contributed by atoms with van der Waals surface area (Å²) in [5.41, 5.74) is 2.69. The van der Waals surface area contributed by atoms with Crippen LogP contribution in [0.5, 0.6) is 0 Å². The van der Waals surface area contributed by atoms with Crippen molar-refractivity contribution in [2.75, 3.05) is 13.2 Å². The Bertz CT molecular complexity index is 531. The zero-order valence-electron chi connectivity index (χ0n) is 9.79. The lowest BCUT2D eigenvalue weighted by Gasteiger charge is -2.00. The molecule has 1 aromatic carbocycles. The van der Waals surface area contributed by atoms with Gasteiger partial charge in [-0.1, -0.05) is 12.1 Å². The third kappa shape index (κ3) is 2.65. The lowest BCUT2D eigenvalue weighted by molar-refractivity contribution is 0.0947. The van der Waals surface area contributed by atoms with E-state index in [1.807, 2.05) is 31.2 Å². The van der Waals surface area contributed by atoms with Crippen molar-refractivity contribution in [2.45, 2.75) is 13.3 Å². The van der Waals surface area contributed by atoms with E-state index in [0.29, 0.717) is 18.7 Å². The second kappa shape index (κ2) is 5.01. The fourth-order valence-corrected chi connectivity index (χ4v) is 1.74. The van der Waals surface area contributed by atoms with E-state index < -0.39 is 0 Å². The van der Waals surface area contributed by atoms with Crippen LogP contribution in [0.15, 0.2) is 24.3 Å². The van der Waals surface area contributed by atoms with Gasteiger partial charge in [0.2, 0.25) is 0 Å². The SMILES string of the molecule is Cc1ccc2cc(C(=O)NCCCO)[nH]c2c1. The van der Waals surface area contributed by atoms with Crippen LogP contribution in [0.1, 0.15) is 22.5 Å². The molecule has 1 amide bonds. The number of hydrogen-bond donors (Lipinski definition) is 3. The number of hydrogen-bond acceptors (Lipinski definition) is 2. The van der Waals surface area contributed by atoms with Crippen LogP contribution in [0.3, 0.4) is 0 Å². The molecule has 0 aliphatic rings. The fourth-order valence-electron chi connectivity index (χ4n) is 1.74. The third-order valence-corrected chi connectivity index (χ3v) is 2.64. The topological polar surface area (TPSA) is 65.1 Å². The molecule has 3 N–H and O–H groups in total. The molecule has 0 aliphatic heterocycles. The van der Waals surface area contributed by atoms with Crippen molar-refractivity contribution in [3.8, 4) is 0 Å². The summed E-state index contributed by atoms with van der Waals surface area (Å²) in [7, 11) is 0. The Morgan fingerprint density at radius 3 is 3.00 bits per heavy atom. The first-order valence-corrected chi connectivity index (χ1v) is 5.69. The van der Waals surface area contributed by atoms with Crippen LogP contribution < -0.4 is 5.32 Å². The van der Waals surface area contributed by atoms with Crippen LogP contribution in [0.25, 0.3) is 10.9 Å². The van der Waals surface area contributed by atoms with E-state index >= 15 is 0 Å². The molecular weight excluding hydrogens is 216 g/mol. The van der Waals surface area contributed by atoms with Crippen LogP contribution in [-0.4, -0.2) is 29.1 Å². The van der Waals surface area contributed by atoms with Gasteiger partial charge in [-0.2, -0.15) is 0 Å². The number of rotatable bonds is 4. The van der Waals surface area contributed by atoms with E-state index in [2.05, 4.69) is 10.3 Å². The first kappa shape index (κ1) is 11.7. The normalized spacial score (nSPS) is 10.7. The molecule has 0 radical (unpaired) electrons. The molecular formula is C13H16N2O2. The number of carbonyl (C=O) groups is 1. The molecule has 0 unspecified atom stereocenters. The molecule has 0 saturated heterocycles. The van der Waals surface area contributed by atoms with Crippen molar-refractivity contribution in [1.29, 1.82) is 0 Å². The van der Waals surface area contributed by atoms with Gasteiger partial charge < -0.3 is 15.4 Å². The largest absolute Gasteiger partial charge is 0.396 e. The van der Waals surface area contributed by atoms with Crippen LogP contribution in [0.4, 0.5) is 0 Å². The molecule has 0 saturated carbocycles. The minimum Gasteiger partial charge on any atom is -0.396 e. The van der Waals surface area contributed by atoms with Crippen LogP contribution in [-0.2, 0) is 0 Å². The van der Waals surface area contributed by atoms with Crippen molar-refractivity contribution in [3.05, 3.63) is 35.5 Å². The number of aromatic nitrogens is 1. The molecule has 0 atom stereocenters. The smallest absolute Gasteiger partial charge is 0.267 e. The van der Waals surface area contributed by atoms with Gasteiger partial charge in [0.05, 0.1) is 0 Å². The van der Waals surface area contributed by atoms with E-state index in [9.17, 15) is 4.79 Å². The van der Waals surface area contributed by atoms with E-state index in [1.165, 1.54) is 0 Å². The molecule has 2 aromatic rings. The highest BCUT2D eigenvalue weighted by atomic mass is 16.3. The number of H-pyrrole nitrogens is 1. The van der Waals surface area contributed by atoms with Crippen molar-refractivity contribution in [1.82, 2.24) is 10.3 Å². The highest BCUT2D eigenvalue weighted by Crippen LogP contribution is 2.16. The van der Waals surface area contributed by atoms with E-state index in [0.717, 1.165) is 16.5 Å². The number of benzene rings is 1. The zero-order valence-corrected chi connectivity index (χ0v) is 9.79. The third-order valence-electron chi connectivity index (χ3n) is 2.64. The van der Waals surface area contributed by atoms with Gasteiger partial charge in [0.1, 0.15) is 5.69 Å². The second-order valence-electron chi connectivity index (χ2n) is 4.11. The number of aliphatic hydroxyl groups is 1. The van der Waals surface area contributed by atoms with Gasteiger partial charge in [0.15, 0.2) is 0 Å². The van der Waals surface area contributed by atoms with Crippen molar-refractivity contribution >= 4 is 16.8 Å². The number of aliphatic hydroxyl groups excluding tert-OH is 1. The summed E-state index contributed by atoms with van der Waals surface area (Å²) in [6.45, 7) is 2.59. The minimum absolute atomic E-state index is 0.0895. The molecule has 0 bridgehead atoms. The van der Waals surface area contributed by atoms with Gasteiger partial charge in [0.25, 0.3) is 5.91 Å². The fraction of sp³-hybridized carbons (Fsp3) is 0.308. The highest BCUT2D eigenvalue weighted by Gasteiger charge is 2.08. The Morgan fingerprint density at radius 2 is 2.24 bits per heavy atom. The summed E-state index contributed by atoms with van der Waals surface area (Å²) >= 11 is 0. The molecule has 1 heterocycles. The Balaban J connectivity index is 2.15. The molecule has 1 aromatic heterocycles.